The molecule has 0 heterocycles. The van der Waals surface area contributed by atoms with Gasteiger partial charge in [-0.2, -0.15) is 0 Å². The lowest BCUT2D eigenvalue weighted by Crippen LogP contribution is -2.12. The predicted octanol–water partition coefficient (Wildman–Crippen LogP) is 2.21. The summed E-state index contributed by atoms with van der Waals surface area (Å²) in [5.41, 5.74) is 0.137. The average Bonchev–Trinajstić information content (AvgIpc) is 2.16. The quantitative estimate of drug-likeness (QED) is 0.620. The van der Waals surface area contributed by atoms with Crippen LogP contribution in [0.4, 0.5) is 0 Å². The first-order valence-corrected chi connectivity index (χ1v) is 4.55. The van der Waals surface area contributed by atoms with Gasteiger partial charge in [0.2, 0.25) is 0 Å². The number of Topliss-reactive ketones (excluding diaryl/α,β-unsaturated/α-hetero) is 1. The summed E-state index contributed by atoms with van der Waals surface area (Å²) in [6.45, 7) is 1.55. The number of hydrogen-bond acceptors (Lipinski definition) is 3. The van der Waals surface area contributed by atoms with Crippen LogP contribution in [0.5, 0.6) is 11.5 Å². The zero-order valence-corrected chi connectivity index (χ0v) is 8.71. The molecule has 76 valence electrons. The second kappa shape index (κ2) is 4.33. The number of hydrogen-bond donors (Lipinski definition) is 1. The number of aromatic hydroxyl groups is 1. The van der Waals surface area contributed by atoms with Crippen molar-refractivity contribution in [3.63, 3.8) is 0 Å². The number of ether oxygens (including phenoxy) is 1. The Morgan fingerprint density at radius 1 is 1.57 bits per heavy atom. The molecule has 0 aliphatic rings. The summed E-state index contributed by atoms with van der Waals surface area (Å²) < 4.78 is 4.96. The van der Waals surface area contributed by atoms with E-state index < -0.39 is 5.38 Å². The van der Waals surface area contributed by atoms with Crippen molar-refractivity contribution in [1.29, 1.82) is 0 Å². The van der Waals surface area contributed by atoms with Crippen molar-refractivity contribution in [3.05, 3.63) is 23.8 Å². The van der Waals surface area contributed by atoms with Gasteiger partial charge in [-0.3, -0.25) is 4.79 Å². The number of ketones is 1. The molecule has 0 bridgehead atoms. The first kappa shape index (κ1) is 10.9. The number of phenols is 1. The van der Waals surface area contributed by atoms with Gasteiger partial charge < -0.3 is 9.84 Å². The van der Waals surface area contributed by atoms with Gasteiger partial charge in [0.15, 0.2) is 5.78 Å². The van der Waals surface area contributed by atoms with E-state index >= 15 is 0 Å². The second-order valence-electron chi connectivity index (χ2n) is 2.83. The summed E-state index contributed by atoms with van der Waals surface area (Å²) in [6.07, 6.45) is 0. The van der Waals surface area contributed by atoms with Crippen molar-refractivity contribution >= 4 is 17.4 Å². The van der Waals surface area contributed by atoms with Crippen LogP contribution in [0, 0.1) is 0 Å². The number of rotatable bonds is 3. The van der Waals surface area contributed by atoms with Crippen LogP contribution < -0.4 is 4.74 Å². The number of phenolic OH excluding ortho intramolecular Hbond substituents is 1. The first-order chi connectivity index (χ1) is 6.57. The molecule has 0 aliphatic heterocycles. The lowest BCUT2D eigenvalue weighted by atomic mass is 10.1. The van der Waals surface area contributed by atoms with Gasteiger partial charge in [0.1, 0.15) is 17.1 Å². The maximum absolute atomic E-state index is 11.6. The van der Waals surface area contributed by atoms with Gasteiger partial charge in [-0.15, -0.1) is 11.6 Å². The lowest BCUT2D eigenvalue weighted by Gasteiger charge is -2.09. The fourth-order valence-corrected chi connectivity index (χ4v) is 1.25. The van der Waals surface area contributed by atoms with E-state index in [1.807, 2.05) is 0 Å². The monoisotopic (exact) mass is 214 g/mol. The molecule has 0 saturated heterocycles. The Labute approximate surface area is 87.3 Å². The van der Waals surface area contributed by atoms with Crippen LogP contribution in [-0.2, 0) is 0 Å². The van der Waals surface area contributed by atoms with Crippen molar-refractivity contribution < 1.29 is 14.6 Å². The highest BCUT2D eigenvalue weighted by atomic mass is 35.5. The smallest absolute Gasteiger partial charge is 0.187 e. The Balaban J connectivity index is 3.23. The van der Waals surface area contributed by atoms with E-state index in [1.54, 1.807) is 19.1 Å². The van der Waals surface area contributed by atoms with Gasteiger partial charge >= 0.3 is 0 Å². The molecule has 1 atom stereocenters. The van der Waals surface area contributed by atoms with Crippen LogP contribution in [0.1, 0.15) is 17.3 Å². The van der Waals surface area contributed by atoms with Crippen molar-refractivity contribution in [2.75, 3.05) is 7.11 Å². The minimum Gasteiger partial charge on any atom is -0.507 e. The highest BCUT2D eigenvalue weighted by Gasteiger charge is 2.20. The SMILES string of the molecule is COc1cccc(O)c1C(=O)C(C)Cl. The third kappa shape index (κ3) is 1.99. The van der Waals surface area contributed by atoms with Crippen molar-refractivity contribution in [2.24, 2.45) is 0 Å². The van der Waals surface area contributed by atoms with Gasteiger partial charge in [-0.1, -0.05) is 6.07 Å². The van der Waals surface area contributed by atoms with E-state index in [4.69, 9.17) is 16.3 Å². The Kier molecular flexibility index (Phi) is 3.36. The van der Waals surface area contributed by atoms with Crippen LogP contribution in [0.3, 0.4) is 0 Å². The van der Waals surface area contributed by atoms with Gasteiger partial charge in [-0.25, -0.2) is 0 Å². The fourth-order valence-electron chi connectivity index (χ4n) is 1.14. The second-order valence-corrected chi connectivity index (χ2v) is 3.49. The zero-order valence-electron chi connectivity index (χ0n) is 7.95. The molecule has 0 aromatic heterocycles. The van der Waals surface area contributed by atoms with Crippen LogP contribution in [0.25, 0.3) is 0 Å². The van der Waals surface area contributed by atoms with E-state index in [0.29, 0.717) is 5.75 Å². The van der Waals surface area contributed by atoms with Crippen LogP contribution >= 0.6 is 11.6 Å². The summed E-state index contributed by atoms with van der Waals surface area (Å²) in [4.78, 5) is 11.6. The zero-order chi connectivity index (χ0) is 10.7. The molecule has 3 nitrogen and oxygen atoms in total. The molecule has 0 fully saturated rings. The molecule has 4 heteroatoms. The normalized spacial score (nSPS) is 12.2. The number of carbonyl (C=O) groups is 1. The van der Waals surface area contributed by atoms with Gasteiger partial charge in [-0.05, 0) is 19.1 Å². The number of methoxy groups -OCH3 is 1. The maximum Gasteiger partial charge on any atom is 0.187 e. The fraction of sp³-hybridized carbons (Fsp3) is 0.300. The number of halogens is 1. The summed E-state index contributed by atoms with van der Waals surface area (Å²) in [5.74, 6) is -0.119. The summed E-state index contributed by atoms with van der Waals surface area (Å²) in [6, 6.07) is 4.63. The van der Waals surface area contributed by atoms with Crippen LogP contribution in [0.2, 0.25) is 0 Å². The van der Waals surface area contributed by atoms with E-state index in [1.165, 1.54) is 13.2 Å². The molecular formula is C10H11ClO3. The van der Waals surface area contributed by atoms with E-state index in [-0.39, 0.29) is 17.1 Å². The molecule has 14 heavy (non-hydrogen) atoms. The number of benzene rings is 1. The lowest BCUT2D eigenvalue weighted by molar-refractivity contribution is 0.0986. The molecule has 1 N–H and O–H groups in total. The first-order valence-electron chi connectivity index (χ1n) is 4.12. The van der Waals surface area contributed by atoms with Crippen molar-refractivity contribution in [3.8, 4) is 11.5 Å². The highest BCUT2D eigenvalue weighted by molar-refractivity contribution is 6.34. The van der Waals surface area contributed by atoms with Gasteiger partial charge in [0.25, 0.3) is 0 Å². The number of carbonyl (C=O) groups excluding carboxylic acids is 1. The molecule has 0 radical (unpaired) electrons. The average molecular weight is 215 g/mol. The van der Waals surface area contributed by atoms with E-state index in [2.05, 4.69) is 0 Å². The maximum atomic E-state index is 11.6. The predicted molar refractivity (Wildman–Crippen MR) is 54.3 cm³/mol. The summed E-state index contributed by atoms with van der Waals surface area (Å²) >= 11 is 5.65. The van der Waals surface area contributed by atoms with E-state index in [9.17, 15) is 9.90 Å². The van der Waals surface area contributed by atoms with Gasteiger partial charge in [0, 0.05) is 0 Å². The standard InChI is InChI=1S/C10H11ClO3/c1-6(11)10(13)9-7(12)4-3-5-8(9)14-2/h3-6,12H,1-2H3. The largest absolute Gasteiger partial charge is 0.507 e. The van der Waals surface area contributed by atoms with Crippen LogP contribution in [-0.4, -0.2) is 23.4 Å². The molecule has 1 unspecified atom stereocenters. The molecule has 0 saturated carbocycles. The molecule has 1 aromatic carbocycles. The minimum absolute atomic E-state index is 0.109. The molecule has 0 spiro atoms. The third-order valence-electron chi connectivity index (χ3n) is 1.83. The molecule has 0 aliphatic carbocycles. The Morgan fingerprint density at radius 2 is 2.21 bits per heavy atom. The summed E-state index contributed by atoms with van der Waals surface area (Å²) in [5, 5.41) is 8.80. The molecular weight excluding hydrogens is 204 g/mol. The Bertz CT molecular complexity index is 347. The molecule has 1 rings (SSSR count). The highest BCUT2D eigenvalue weighted by Crippen LogP contribution is 2.29. The molecule has 1 aromatic rings. The van der Waals surface area contributed by atoms with Gasteiger partial charge in [0.05, 0.1) is 12.5 Å². The summed E-state index contributed by atoms with van der Waals surface area (Å²) in [7, 11) is 1.43. The Hall–Kier alpha value is -1.22. The van der Waals surface area contributed by atoms with Crippen LogP contribution in [0.15, 0.2) is 18.2 Å². The van der Waals surface area contributed by atoms with Crippen molar-refractivity contribution in [2.45, 2.75) is 12.3 Å². The topological polar surface area (TPSA) is 46.5 Å². The van der Waals surface area contributed by atoms with Crippen molar-refractivity contribution in [1.82, 2.24) is 0 Å². The Morgan fingerprint density at radius 3 is 2.71 bits per heavy atom. The minimum atomic E-state index is -0.683. The third-order valence-corrected chi connectivity index (χ3v) is 2.03. The number of alkyl halides is 1. The van der Waals surface area contributed by atoms with E-state index in [0.717, 1.165) is 0 Å². The molecule has 0 amide bonds.